The molecule has 0 spiro atoms. The molecule has 0 aliphatic heterocycles. The van der Waals surface area contributed by atoms with Crippen molar-refractivity contribution in [1.29, 1.82) is 0 Å². The minimum atomic E-state index is -4.43. The summed E-state index contributed by atoms with van der Waals surface area (Å²) in [5.74, 6) is -3.99. The standard InChI is InChI=1S/C12H16F2N2O4S/c1-7(12(17)20-3)6-16(2)21(18,19)11-9(13)4-8(15)5-10(11)14/h4-5,7H,6,15H2,1-3H3. The van der Waals surface area contributed by atoms with E-state index < -0.39 is 38.4 Å². The first-order valence-corrected chi connectivity index (χ1v) is 7.34. The quantitative estimate of drug-likeness (QED) is 0.644. The van der Waals surface area contributed by atoms with E-state index in [2.05, 4.69) is 4.74 Å². The molecule has 0 saturated heterocycles. The van der Waals surface area contributed by atoms with Crippen molar-refractivity contribution in [3.8, 4) is 0 Å². The van der Waals surface area contributed by atoms with Crippen LogP contribution in [0.15, 0.2) is 17.0 Å². The van der Waals surface area contributed by atoms with Gasteiger partial charge in [-0.25, -0.2) is 17.2 Å². The second-order valence-electron chi connectivity index (χ2n) is 4.52. The van der Waals surface area contributed by atoms with Gasteiger partial charge in [-0.05, 0) is 12.1 Å². The van der Waals surface area contributed by atoms with Gasteiger partial charge in [0.05, 0.1) is 13.0 Å². The molecule has 1 rings (SSSR count). The van der Waals surface area contributed by atoms with Gasteiger partial charge in [-0.3, -0.25) is 4.79 Å². The zero-order valence-electron chi connectivity index (χ0n) is 11.8. The Balaban J connectivity index is 3.15. The number of methoxy groups -OCH3 is 1. The number of carbonyl (C=O) groups is 1. The molecule has 1 aromatic rings. The number of ether oxygens (including phenoxy) is 1. The number of nitrogens with two attached hydrogens (primary N) is 1. The summed E-state index contributed by atoms with van der Waals surface area (Å²) in [4.78, 5) is 10.2. The van der Waals surface area contributed by atoms with Crippen LogP contribution in [0.3, 0.4) is 0 Å². The zero-order valence-corrected chi connectivity index (χ0v) is 12.6. The van der Waals surface area contributed by atoms with Crippen molar-refractivity contribution in [2.45, 2.75) is 11.8 Å². The van der Waals surface area contributed by atoms with Crippen LogP contribution in [0.2, 0.25) is 0 Å². The fourth-order valence-electron chi connectivity index (χ4n) is 1.74. The van der Waals surface area contributed by atoms with Crippen LogP contribution in [-0.4, -0.2) is 39.4 Å². The van der Waals surface area contributed by atoms with Crippen molar-refractivity contribution < 1.29 is 26.7 Å². The summed E-state index contributed by atoms with van der Waals surface area (Å²) in [5.41, 5.74) is 5.01. The molecule has 0 aromatic heterocycles. The Bertz CT molecular complexity index is 626. The van der Waals surface area contributed by atoms with Crippen molar-refractivity contribution in [1.82, 2.24) is 4.31 Å². The molecule has 0 fully saturated rings. The summed E-state index contributed by atoms with van der Waals surface area (Å²) in [6, 6.07) is 1.43. The number of hydrogen-bond donors (Lipinski definition) is 1. The molecule has 0 amide bonds. The molecule has 0 aliphatic carbocycles. The maximum absolute atomic E-state index is 13.7. The lowest BCUT2D eigenvalue weighted by atomic mass is 10.2. The van der Waals surface area contributed by atoms with Gasteiger partial charge in [-0.1, -0.05) is 6.92 Å². The van der Waals surface area contributed by atoms with E-state index in [-0.39, 0.29) is 12.2 Å². The highest BCUT2D eigenvalue weighted by atomic mass is 32.2. The van der Waals surface area contributed by atoms with Gasteiger partial charge in [0, 0.05) is 19.3 Å². The SMILES string of the molecule is COC(=O)C(C)CN(C)S(=O)(=O)c1c(F)cc(N)cc1F. The maximum atomic E-state index is 13.7. The molecule has 6 nitrogen and oxygen atoms in total. The lowest BCUT2D eigenvalue weighted by molar-refractivity contribution is -0.144. The molecule has 21 heavy (non-hydrogen) atoms. The Morgan fingerprint density at radius 3 is 2.29 bits per heavy atom. The first-order valence-electron chi connectivity index (χ1n) is 5.90. The highest BCUT2D eigenvalue weighted by molar-refractivity contribution is 7.89. The molecule has 0 aliphatic rings. The molecular formula is C12H16F2N2O4S. The van der Waals surface area contributed by atoms with Gasteiger partial charge in [0.15, 0.2) is 4.90 Å². The highest BCUT2D eigenvalue weighted by Gasteiger charge is 2.31. The second-order valence-corrected chi connectivity index (χ2v) is 6.51. The van der Waals surface area contributed by atoms with Gasteiger partial charge in [0.25, 0.3) is 0 Å². The van der Waals surface area contributed by atoms with Crippen LogP contribution in [-0.2, 0) is 19.6 Å². The van der Waals surface area contributed by atoms with Crippen molar-refractivity contribution in [3.05, 3.63) is 23.8 Å². The van der Waals surface area contributed by atoms with Crippen molar-refractivity contribution in [2.75, 3.05) is 26.4 Å². The van der Waals surface area contributed by atoms with E-state index in [4.69, 9.17) is 5.73 Å². The minimum absolute atomic E-state index is 0.227. The number of anilines is 1. The predicted molar refractivity (Wildman–Crippen MR) is 71.8 cm³/mol. The third kappa shape index (κ3) is 3.67. The fraction of sp³-hybridized carbons (Fsp3) is 0.417. The Morgan fingerprint density at radius 2 is 1.86 bits per heavy atom. The molecule has 9 heteroatoms. The Labute approximate surface area is 121 Å². The lowest BCUT2D eigenvalue weighted by Crippen LogP contribution is -2.35. The van der Waals surface area contributed by atoms with Gasteiger partial charge in [-0.15, -0.1) is 0 Å². The van der Waals surface area contributed by atoms with Gasteiger partial charge in [0.1, 0.15) is 11.6 Å². The average Bonchev–Trinajstić information content (AvgIpc) is 2.35. The molecule has 0 saturated carbocycles. The van der Waals surface area contributed by atoms with E-state index in [0.29, 0.717) is 16.4 Å². The lowest BCUT2D eigenvalue weighted by Gasteiger charge is -2.20. The predicted octanol–water partition coefficient (Wildman–Crippen LogP) is 0.977. The first-order chi connectivity index (χ1) is 9.61. The molecule has 0 radical (unpaired) electrons. The number of esters is 1. The second kappa shape index (κ2) is 6.35. The van der Waals surface area contributed by atoms with Crippen LogP contribution in [0, 0.1) is 17.6 Å². The van der Waals surface area contributed by atoms with Crippen molar-refractivity contribution >= 4 is 21.7 Å². The van der Waals surface area contributed by atoms with Crippen molar-refractivity contribution in [2.24, 2.45) is 5.92 Å². The third-order valence-corrected chi connectivity index (χ3v) is 4.70. The third-order valence-electron chi connectivity index (χ3n) is 2.82. The number of hydrogen-bond acceptors (Lipinski definition) is 5. The van der Waals surface area contributed by atoms with Crippen LogP contribution in [0.1, 0.15) is 6.92 Å². The summed E-state index contributed by atoms with van der Waals surface area (Å²) < 4.78 is 56.9. The van der Waals surface area contributed by atoms with Crippen LogP contribution >= 0.6 is 0 Å². The number of nitrogens with zero attached hydrogens (tertiary/aromatic N) is 1. The zero-order chi connectivity index (χ0) is 16.4. The molecule has 1 aromatic carbocycles. The Kier molecular flexibility index (Phi) is 5.24. The highest BCUT2D eigenvalue weighted by Crippen LogP contribution is 2.24. The van der Waals surface area contributed by atoms with Crippen LogP contribution in [0.5, 0.6) is 0 Å². The average molecular weight is 322 g/mol. The van der Waals surface area contributed by atoms with E-state index in [0.717, 1.165) is 14.2 Å². The molecule has 2 N–H and O–H groups in total. The monoisotopic (exact) mass is 322 g/mol. The molecular weight excluding hydrogens is 306 g/mol. The number of rotatable bonds is 5. The molecule has 1 unspecified atom stereocenters. The van der Waals surface area contributed by atoms with E-state index in [1.165, 1.54) is 6.92 Å². The summed E-state index contributed by atoms with van der Waals surface area (Å²) in [6.45, 7) is 1.16. The molecule has 0 heterocycles. The summed E-state index contributed by atoms with van der Waals surface area (Å²) >= 11 is 0. The van der Waals surface area contributed by atoms with E-state index >= 15 is 0 Å². The Hall–Kier alpha value is -1.74. The summed E-state index contributed by atoms with van der Waals surface area (Å²) in [6.07, 6.45) is 0. The number of nitrogen functional groups attached to an aromatic ring is 1. The first kappa shape index (κ1) is 17.3. The number of carbonyl (C=O) groups excluding carboxylic acids is 1. The van der Waals surface area contributed by atoms with Crippen LogP contribution in [0.4, 0.5) is 14.5 Å². The maximum Gasteiger partial charge on any atom is 0.309 e. The topological polar surface area (TPSA) is 89.7 Å². The molecule has 0 bridgehead atoms. The number of sulfonamides is 1. The van der Waals surface area contributed by atoms with Crippen LogP contribution < -0.4 is 5.73 Å². The molecule has 118 valence electrons. The summed E-state index contributed by atoms with van der Waals surface area (Å²) in [5, 5.41) is 0. The minimum Gasteiger partial charge on any atom is -0.469 e. The van der Waals surface area contributed by atoms with Gasteiger partial charge in [-0.2, -0.15) is 4.31 Å². The summed E-state index contributed by atoms with van der Waals surface area (Å²) in [7, 11) is -2.16. The van der Waals surface area contributed by atoms with Crippen molar-refractivity contribution in [3.63, 3.8) is 0 Å². The normalized spacial score (nSPS) is 13.2. The van der Waals surface area contributed by atoms with Gasteiger partial charge < -0.3 is 10.5 Å². The largest absolute Gasteiger partial charge is 0.469 e. The van der Waals surface area contributed by atoms with Crippen LogP contribution in [0.25, 0.3) is 0 Å². The number of benzene rings is 1. The van der Waals surface area contributed by atoms with Gasteiger partial charge >= 0.3 is 5.97 Å². The van der Waals surface area contributed by atoms with E-state index in [1.54, 1.807) is 0 Å². The van der Waals surface area contributed by atoms with E-state index in [1.807, 2.05) is 0 Å². The molecule has 1 atom stereocenters. The fourth-order valence-corrected chi connectivity index (χ4v) is 3.08. The van der Waals surface area contributed by atoms with E-state index in [9.17, 15) is 22.0 Å². The van der Waals surface area contributed by atoms with Gasteiger partial charge in [0.2, 0.25) is 10.0 Å². The number of halogens is 2. The smallest absolute Gasteiger partial charge is 0.309 e. The Morgan fingerprint density at radius 1 is 1.38 bits per heavy atom.